The van der Waals surface area contributed by atoms with Crippen molar-refractivity contribution in [2.24, 2.45) is 0 Å². The molecule has 0 radical (unpaired) electrons. The molecule has 1 aromatic rings. The van der Waals surface area contributed by atoms with Gasteiger partial charge in [-0.15, -0.1) is 0 Å². The third-order valence-electron chi connectivity index (χ3n) is 3.09. The average molecular weight is 371 g/mol. The van der Waals surface area contributed by atoms with Gasteiger partial charge in [-0.05, 0) is 27.7 Å². The van der Waals surface area contributed by atoms with Crippen molar-refractivity contribution in [2.45, 2.75) is 45.8 Å². The Morgan fingerprint density at radius 3 is 2.50 bits per heavy atom. The molecule has 26 heavy (non-hydrogen) atoms. The second-order valence-electron chi connectivity index (χ2n) is 6.38. The van der Waals surface area contributed by atoms with Crippen molar-refractivity contribution < 1.29 is 33.6 Å². The second kappa shape index (κ2) is 9.23. The highest BCUT2D eigenvalue weighted by molar-refractivity contribution is 5.75. The van der Waals surface area contributed by atoms with Crippen LogP contribution in [-0.2, 0) is 19.0 Å². The first-order chi connectivity index (χ1) is 12.1. The number of pyridine rings is 1. The standard InChI is InChI=1S/C17H25NO8/c1-6-24-16(22)25-13-10-18(14(20)9-12(13)19)11(7-8-23-5)15(21)26-17(2,3)4/h9-11,19H,6-8H2,1-5H3. The Kier molecular flexibility index (Phi) is 7.63. The molecule has 0 saturated heterocycles. The number of methoxy groups -OCH3 is 1. The Hall–Kier alpha value is -2.55. The number of carbonyl (C=O) groups is 2. The molecule has 0 spiro atoms. The van der Waals surface area contributed by atoms with Gasteiger partial charge >= 0.3 is 12.1 Å². The number of rotatable bonds is 7. The second-order valence-corrected chi connectivity index (χ2v) is 6.38. The number of esters is 1. The number of nitrogens with zero attached hydrogens (tertiary/aromatic N) is 1. The van der Waals surface area contributed by atoms with Crippen LogP contribution in [-0.4, -0.2) is 47.7 Å². The van der Waals surface area contributed by atoms with Gasteiger partial charge in [-0.2, -0.15) is 0 Å². The molecule has 0 aromatic carbocycles. The maximum atomic E-state index is 12.5. The minimum absolute atomic E-state index is 0.0770. The average Bonchev–Trinajstić information content (AvgIpc) is 2.50. The number of hydrogen-bond donors (Lipinski definition) is 1. The molecule has 0 aliphatic rings. The fourth-order valence-corrected chi connectivity index (χ4v) is 2.05. The van der Waals surface area contributed by atoms with Crippen molar-refractivity contribution in [3.63, 3.8) is 0 Å². The summed E-state index contributed by atoms with van der Waals surface area (Å²) >= 11 is 0. The van der Waals surface area contributed by atoms with Gasteiger partial charge in [-0.3, -0.25) is 9.36 Å². The molecular weight excluding hydrogens is 346 g/mol. The van der Waals surface area contributed by atoms with Crippen LogP contribution in [0.1, 0.15) is 40.2 Å². The lowest BCUT2D eigenvalue weighted by atomic mass is 10.1. The zero-order valence-electron chi connectivity index (χ0n) is 15.6. The van der Waals surface area contributed by atoms with E-state index in [9.17, 15) is 19.5 Å². The van der Waals surface area contributed by atoms with Crippen LogP contribution in [0.4, 0.5) is 4.79 Å². The molecule has 0 aliphatic heterocycles. The largest absolute Gasteiger partial charge is 0.514 e. The number of aromatic hydroxyl groups is 1. The molecule has 1 atom stereocenters. The first-order valence-electron chi connectivity index (χ1n) is 8.10. The van der Waals surface area contributed by atoms with Crippen molar-refractivity contribution in [1.29, 1.82) is 0 Å². The Morgan fingerprint density at radius 2 is 1.96 bits per heavy atom. The van der Waals surface area contributed by atoms with Gasteiger partial charge in [0, 0.05) is 26.2 Å². The quantitative estimate of drug-likeness (QED) is 0.724. The molecule has 9 heteroatoms. The van der Waals surface area contributed by atoms with E-state index in [0.29, 0.717) is 0 Å². The van der Waals surface area contributed by atoms with Crippen LogP contribution in [0.3, 0.4) is 0 Å². The number of hydrogen-bond acceptors (Lipinski definition) is 8. The summed E-state index contributed by atoms with van der Waals surface area (Å²) in [5, 5.41) is 9.83. The molecule has 1 N–H and O–H groups in total. The molecule has 1 rings (SSSR count). The number of aromatic nitrogens is 1. The molecule has 146 valence electrons. The van der Waals surface area contributed by atoms with Gasteiger partial charge < -0.3 is 24.1 Å². The van der Waals surface area contributed by atoms with Gasteiger partial charge in [-0.25, -0.2) is 9.59 Å². The number of carbonyl (C=O) groups excluding carboxylic acids is 2. The lowest BCUT2D eigenvalue weighted by Gasteiger charge is -2.25. The molecule has 0 amide bonds. The summed E-state index contributed by atoms with van der Waals surface area (Å²) in [6.07, 6.45) is 0.173. The predicted octanol–water partition coefficient (Wildman–Crippen LogP) is 2.01. The van der Waals surface area contributed by atoms with Crippen molar-refractivity contribution in [3.05, 3.63) is 22.6 Å². The van der Waals surface area contributed by atoms with Crippen molar-refractivity contribution in [1.82, 2.24) is 4.57 Å². The van der Waals surface area contributed by atoms with E-state index in [-0.39, 0.29) is 25.4 Å². The molecule has 0 bridgehead atoms. The first kappa shape index (κ1) is 21.5. The molecule has 9 nitrogen and oxygen atoms in total. The van der Waals surface area contributed by atoms with Crippen LogP contribution in [0.15, 0.2) is 17.1 Å². The molecule has 1 heterocycles. The Bertz CT molecular complexity index is 689. The molecule has 1 unspecified atom stereocenters. The first-order valence-corrected chi connectivity index (χ1v) is 8.10. The van der Waals surface area contributed by atoms with Gasteiger partial charge in [0.25, 0.3) is 5.56 Å². The maximum absolute atomic E-state index is 12.5. The lowest BCUT2D eigenvalue weighted by molar-refractivity contribution is -0.159. The van der Waals surface area contributed by atoms with E-state index < -0.39 is 35.1 Å². The van der Waals surface area contributed by atoms with E-state index in [1.54, 1.807) is 27.7 Å². The molecule has 1 aromatic heterocycles. The Morgan fingerprint density at radius 1 is 1.31 bits per heavy atom. The van der Waals surface area contributed by atoms with E-state index in [4.69, 9.17) is 14.2 Å². The highest BCUT2D eigenvalue weighted by atomic mass is 16.7. The zero-order valence-corrected chi connectivity index (χ0v) is 15.6. The van der Waals surface area contributed by atoms with Crippen LogP contribution < -0.4 is 10.3 Å². The lowest BCUT2D eigenvalue weighted by Crippen LogP contribution is -2.35. The Labute approximate surface area is 151 Å². The minimum Gasteiger partial charge on any atom is -0.504 e. The van der Waals surface area contributed by atoms with Gasteiger partial charge in [0.2, 0.25) is 0 Å². The normalized spacial score (nSPS) is 12.3. The van der Waals surface area contributed by atoms with Crippen LogP contribution in [0.2, 0.25) is 0 Å². The highest BCUT2D eigenvalue weighted by Gasteiger charge is 2.28. The minimum atomic E-state index is -1.04. The SMILES string of the molecule is CCOC(=O)Oc1cn(C(CCOC)C(=O)OC(C)(C)C)c(=O)cc1O. The van der Waals surface area contributed by atoms with Gasteiger partial charge in [0.15, 0.2) is 11.5 Å². The van der Waals surface area contributed by atoms with E-state index >= 15 is 0 Å². The smallest absolute Gasteiger partial charge is 0.504 e. The summed E-state index contributed by atoms with van der Waals surface area (Å²) in [5.74, 6) is -1.51. The van der Waals surface area contributed by atoms with Crippen molar-refractivity contribution in [3.8, 4) is 11.5 Å². The summed E-state index contributed by atoms with van der Waals surface area (Å²) in [5.41, 5.74) is -1.42. The van der Waals surface area contributed by atoms with E-state index in [2.05, 4.69) is 4.74 Å². The maximum Gasteiger partial charge on any atom is 0.514 e. The molecule has 0 aliphatic carbocycles. The van der Waals surface area contributed by atoms with Crippen molar-refractivity contribution in [2.75, 3.05) is 20.3 Å². The van der Waals surface area contributed by atoms with Crippen LogP contribution in [0.25, 0.3) is 0 Å². The topological polar surface area (TPSA) is 113 Å². The summed E-state index contributed by atoms with van der Waals surface area (Å²) in [6, 6.07) is -0.175. The van der Waals surface area contributed by atoms with E-state index in [1.807, 2.05) is 0 Å². The zero-order chi connectivity index (χ0) is 19.9. The third kappa shape index (κ3) is 6.40. The predicted molar refractivity (Wildman–Crippen MR) is 91.4 cm³/mol. The Balaban J connectivity index is 3.25. The summed E-state index contributed by atoms with van der Waals surface area (Å²) < 4.78 is 20.9. The van der Waals surface area contributed by atoms with Gasteiger partial charge in [-0.1, -0.05) is 0 Å². The summed E-state index contributed by atoms with van der Waals surface area (Å²) in [4.78, 5) is 36.2. The van der Waals surface area contributed by atoms with Gasteiger partial charge in [0.1, 0.15) is 11.6 Å². The van der Waals surface area contributed by atoms with E-state index in [0.717, 1.165) is 16.8 Å². The fourth-order valence-electron chi connectivity index (χ4n) is 2.05. The van der Waals surface area contributed by atoms with Crippen molar-refractivity contribution >= 4 is 12.1 Å². The molecule has 0 fully saturated rings. The molecular formula is C17H25NO8. The monoisotopic (exact) mass is 371 g/mol. The fraction of sp³-hybridized carbons (Fsp3) is 0.588. The van der Waals surface area contributed by atoms with Crippen LogP contribution in [0.5, 0.6) is 11.5 Å². The molecule has 0 saturated carbocycles. The summed E-state index contributed by atoms with van der Waals surface area (Å²) in [6.45, 7) is 6.96. The number of ether oxygens (including phenoxy) is 4. The van der Waals surface area contributed by atoms with Crippen LogP contribution in [0, 0.1) is 0 Å². The summed E-state index contributed by atoms with van der Waals surface area (Å²) in [7, 11) is 1.46. The van der Waals surface area contributed by atoms with Crippen LogP contribution >= 0.6 is 0 Å². The third-order valence-corrected chi connectivity index (χ3v) is 3.09. The highest BCUT2D eigenvalue weighted by Crippen LogP contribution is 2.26. The van der Waals surface area contributed by atoms with E-state index in [1.165, 1.54) is 7.11 Å². The van der Waals surface area contributed by atoms with Gasteiger partial charge in [0.05, 0.1) is 12.8 Å².